The number of rotatable bonds is 5. The first-order valence-corrected chi connectivity index (χ1v) is 10.8. The maximum Gasteiger partial charge on any atom is 0.254 e. The van der Waals surface area contributed by atoms with Gasteiger partial charge in [-0.25, -0.2) is 4.98 Å². The average molecular weight is 408 g/mol. The number of amides is 1. The van der Waals surface area contributed by atoms with Crippen LogP contribution in [0.1, 0.15) is 27.2 Å². The lowest BCUT2D eigenvalue weighted by atomic mass is 10.1. The van der Waals surface area contributed by atoms with E-state index in [0.717, 1.165) is 31.9 Å². The fourth-order valence-corrected chi connectivity index (χ4v) is 4.14. The van der Waals surface area contributed by atoms with Crippen molar-refractivity contribution in [3.05, 3.63) is 75.7 Å². The molecule has 150 valence electrons. The minimum atomic E-state index is 0.0599. The summed E-state index contributed by atoms with van der Waals surface area (Å²) in [6, 6.07) is 13.8. The van der Waals surface area contributed by atoms with Crippen LogP contribution < -0.4 is 9.64 Å². The largest absolute Gasteiger partial charge is 0.487 e. The number of carbonyl (C=O) groups is 1. The van der Waals surface area contributed by atoms with Gasteiger partial charge in [0.1, 0.15) is 12.4 Å². The van der Waals surface area contributed by atoms with Crippen LogP contribution in [0.15, 0.2) is 53.4 Å². The van der Waals surface area contributed by atoms with Gasteiger partial charge < -0.3 is 14.5 Å². The summed E-state index contributed by atoms with van der Waals surface area (Å²) in [6.07, 6.45) is 0. The summed E-state index contributed by atoms with van der Waals surface area (Å²) in [6.45, 7) is 7.84. The SMILES string of the molecule is Cc1cccc(N2CCN(C(=O)c3cccc(OCc4cscn4)c3)CC2)c1C. The number of piperazine rings is 1. The van der Waals surface area contributed by atoms with Crippen LogP contribution in [0.4, 0.5) is 5.69 Å². The van der Waals surface area contributed by atoms with E-state index >= 15 is 0 Å². The molecule has 0 radical (unpaired) electrons. The second-order valence-electron chi connectivity index (χ2n) is 7.29. The van der Waals surface area contributed by atoms with Crippen LogP contribution in [0.2, 0.25) is 0 Å². The minimum Gasteiger partial charge on any atom is -0.487 e. The van der Waals surface area contributed by atoms with Crippen LogP contribution in [0.5, 0.6) is 5.75 Å². The molecule has 1 aliphatic heterocycles. The Hall–Kier alpha value is -2.86. The molecule has 0 bridgehead atoms. The molecular formula is C23H25N3O2S. The van der Waals surface area contributed by atoms with Gasteiger partial charge in [0.05, 0.1) is 11.2 Å². The number of benzene rings is 2. The van der Waals surface area contributed by atoms with E-state index in [0.29, 0.717) is 17.9 Å². The predicted octanol–water partition coefficient (Wildman–Crippen LogP) is 4.30. The number of hydrogen-bond donors (Lipinski definition) is 0. The van der Waals surface area contributed by atoms with Crippen molar-refractivity contribution in [3.8, 4) is 5.75 Å². The Kier molecular flexibility index (Phi) is 5.81. The van der Waals surface area contributed by atoms with E-state index in [-0.39, 0.29) is 5.91 Å². The van der Waals surface area contributed by atoms with Gasteiger partial charge in [-0.15, -0.1) is 11.3 Å². The Morgan fingerprint density at radius 1 is 1.10 bits per heavy atom. The maximum absolute atomic E-state index is 13.0. The second-order valence-corrected chi connectivity index (χ2v) is 8.01. The molecule has 1 saturated heterocycles. The van der Waals surface area contributed by atoms with E-state index in [9.17, 15) is 4.79 Å². The van der Waals surface area contributed by atoms with E-state index in [1.54, 1.807) is 16.8 Å². The molecule has 6 heteroatoms. The van der Waals surface area contributed by atoms with Gasteiger partial charge >= 0.3 is 0 Å². The van der Waals surface area contributed by atoms with Gasteiger partial charge in [0, 0.05) is 42.8 Å². The summed E-state index contributed by atoms with van der Waals surface area (Å²) >= 11 is 1.55. The summed E-state index contributed by atoms with van der Waals surface area (Å²) in [5, 5.41) is 1.96. The topological polar surface area (TPSA) is 45.7 Å². The zero-order valence-electron chi connectivity index (χ0n) is 16.8. The molecule has 1 amide bonds. The quantitative estimate of drug-likeness (QED) is 0.633. The molecule has 1 aliphatic rings. The van der Waals surface area contributed by atoms with Gasteiger partial charge in [0.15, 0.2) is 0 Å². The summed E-state index contributed by atoms with van der Waals surface area (Å²) in [4.78, 5) is 21.5. The number of nitrogens with zero attached hydrogens (tertiary/aromatic N) is 3. The number of aryl methyl sites for hydroxylation is 1. The Morgan fingerprint density at radius 2 is 1.90 bits per heavy atom. The van der Waals surface area contributed by atoms with Crippen LogP contribution in [-0.4, -0.2) is 42.0 Å². The first kappa shape index (κ1) is 19.5. The lowest BCUT2D eigenvalue weighted by Gasteiger charge is -2.37. The summed E-state index contributed by atoms with van der Waals surface area (Å²) in [5.41, 5.74) is 7.24. The van der Waals surface area contributed by atoms with E-state index in [1.807, 2.05) is 34.5 Å². The van der Waals surface area contributed by atoms with Crippen molar-refractivity contribution >= 4 is 22.9 Å². The number of anilines is 1. The van der Waals surface area contributed by atoms with Gasteiger partial charge in [0.2, 0.25) is 0 Å². The van der Waals surface area contributed by atoms with Crippen LogP contribution in [0, 0.1) is 13.8 Å². The molecule has 0 aliphatic carbocycles. The number of thiazole rings is 1. The predicted molar refractivity (Wildman–Crippen MR) is 117 cm³/mol. The number of aromatic nitrogens is 1. The third-order valence-electron chi connectivity index (χ3n) is 5.43. The highest BCUT2D eigenvalue weighted by Gasteiger charge is 2.23. The number of hydrogen-bond acceptors (Lipinski definition) is 5. The molecule has 0 atom stereocenters. The van der Waals surface area contributed by atoms with Gasteiger partial charge in [-0.2, -0.15) is 0 Å². The molecular weight excluding hydrogens is 382 g/mol. The highest BCUT2D eigenvalue weighted by Crippen LogP contribution is 2.24. The fourth-order valence-electron chi connectivity index (χ4n) is 3.60. The third kappa shape index (κ3) is 4.43. The molecule has 1 fully saturated rings. The average Bonchev–Trinajstić information content (AvgIpc) is 3.28. The summed E-state index contributed by atoms with van der Waals surface area (Å²) in [5.74, 6) is 0.752. The van der Waals surface area contributed by atoms with Crippen molar-refractivity contribution < 1.29 is 9.53 Å². The highest BCUT2D eigenvalue weighted by atomic mass is 32.1. The molecule has 5 nitrogen and oxygen atoms in total. The number of carbonyl (C=O) groups excluding carboxylic acids is 1. The first-order chi connectivity index (χ1) is 14.1. The van der Waals surface area contributed by atoms with Crippen molar-refractivity contribution in [2.45, 2.75) is 20.5 Å². The van der Waals surface area contributed by atoms with Crippen molar-refractivity contribution in [2.24, 2.45) is 0 Å². The van der Waals surface area contributed by atoms with Gasteiger partial charge in [-0.3, -0.25) is 4.79 Å². The van der Waals surface area contributed by atoms with Gasteiger partial charge in [-0.1, -0.05) is 18.2 Å². The smallest absolute Gasteiger partial charge is 0.254 e. The molecule has 4 rings (SSSR count). The standard InChI is InChI=1S/C23H25N3O2S/c1-17-5-3-8-22(18(17)2)25-9-11-26(12-10-25)23(27)19-6-4-7-21(13-19)28-14-20-15-29-16-24-20/h3-8,13,15-16H,9-12,14H2,1-2H3. The zero-order chi connectivity index (χ0) is 20.2. The number of ether oxygens (including phenoxy) is 1. The minimum absolute atomic E-state index is 0.0599. The molecule has 3 aromatic rings. The molecule has 0 unspecified atom stereocenters. The molecule has 0 spiro atoms. The molecule has 0 N–H and O–H groups in total. The zero-order valence-corrected chi connectivity index (χ0v) is 17.6. The summed E-state index contributed by atoms with van der Waals surface area (Å²) < 4.78 is 5.79. The monoisotopic (exact) mass is 407 g/mol. The Balaban J connectivity index is 1.38. The first-order valence-electron chi connectivity index (χ1n) is 9.82. The molecule has 0 saturated carbocycles. The van der Waals surface area contributed by atoms with Gasteiger partial charge in [-0.05, 0) is 49.2 Å². The van der Waals surface area contributed by atoms with E-state index in [1.165, 1.54) is 16.8 Å². The van der Waals surface area contributed by atoms with E-state index in [4.69, 9.17) is 4.74 Å². The van der Waals surface area contributed by atoms with Crippen LogP contribution in [-0.2, 0) is 6.61 Å². The van der Waals surface area contributed by atoms with E-state index in [2.05, 4.69) is 41.9 Å². The molecule has 1 aromatic heterocycles. The van der Waals surface area contributed by atoms with Gasteiger partial charge in [0.25, 0.3) is 5.91 Å². The van der Waals surface area contributed by atoms with E-state index < -0.39 is 0 Å². The van der Waals surface area contributed by atoms with Crippen LogP contribution in [0.3, 0.4) is 0 Å². The van der Waals surface area contributed by atoms with Crippen LogP contribution >= 0.6 is 11.3 Å². The lowest BCUT2D eigenvalue weighted by Crippen LogP contribution is -2.49. The summed E-state index contributed by atoms with van der Waals surface area (Å²) in [7, 11) is 0. The van der Waals surface area contributed by atoms with Crippen molar-refractivity contribution in [1.29, 1.82) is 0 Å². The maximum atomic E-state index is 13.0. The van der Waals surface area contributed by atoms with Crippen LogP contribution in [0.25, 0.3) is 0 Å². The van der Waals surface area contributed by atoms with Crippen molar-refractivity contribution in [3.63, 3.8) is 0 Å². The third-order valence-corrected chi connectivity index (χ3v) is 6.07. The Bertz CT molecular complexity index is 980. The Labute approximate surface area is 175 Å². The normalized spacial score (nSPS) is 14.1. The molecule has 2 heterocycles. The van der Waals surface area contributed by atoms with Crippen molar-refractivity contribution in [1.82, 2.24) is 9.88 Å². The lowest BCUT2D eigenvalue weighted by molar-refractivity contribution is 0.0746. The molecule has 2 aromatic carbocycles. The van der Waals surface area contributed by atoms with Crippen molar-refractivity contribution in [2.75, 3.05) is 31.1 Å². The highest BCUT2D eigenvalue weighted by molar-refractivity contribution is 7.07. The second kappa shape index (κ2) is 8.66. The molecule has 29 heavy (non-hydrogen) atoms. The fraction of sp³-hybridized carbons (Fsp3) is 0.304. The Morgan fingerprint density at radius 3 is 2.66 bits per heavy atom.